The van der Waals surface area contributed by atoms with Crippen molar-refractivity contribution in [1.82, 2.24) is 4.72 Å². The van der Waals surface area contributed by atoms with Crippen molar-refractivity contribution in [3.63, 3.8) is 0 Å². The van der Waals surface area contributed by atoms with Gasteiger partial charge in [0.25, 0.3) is 5.91 Å². The molecule has 5 nitrogen and oxygen atoms in total. The minimum atomic E-state index is -3.61. The summed E-state index contributed by atoms with van der Waals surface area (Å²) in [5.74, 6) is -0.354. The number of carbonyl (C=O) groups is 1. The van der Waals surface area contributed by atoms with Gasteiger partial charge in [0.1, 0.15) is 0 Å². The zero-order valence-corrected chi connectivity index (χ0v) is 16.6. The zero-order valence-electron chi connectivity index (χ0n) is 14.2. The van der Waals surface area contributed by atoms with Crippen molar-refractivity contribution in [2.24, 2.45) is 0 Å². The molecule has 0 aromatic heterocycles. The van der Waals surface area contributed by atoms with Gasteiger partial charge in [-0.15, -0.1) is 0 Å². The van der Waals surface area contributed by atoms with E-state index < -0.39 is 10.0 Å². The SMILES string of the molecule is CCCCNS(=O)(=O)c1cccc(C(=O)Nc2ccc(Br)c(C)c2)c1. The molecule has 0 aliphatic carbocycles. The van der Waals surface area contributed by atoms with Crippen LogP contribution in [0.2, 0.25) is 0 Å². The molecule has 2 rings (SSSR count). The van der Waals surface area contributed by atoms with E-state index in [-0.39, 0.29) is 10.8 Å². The number of rotatable bonds is 7. The highest BCUT2D eigenvalue weighted by Gasteiger charge is 2.16. The summed E-state index contributed by atoms with van der Waals surface area (Å²) in [5.41, 5.74) is 1.94. The summed E-state index contributed by atoms with van der Waals surface area (Å²) in [7, 11) is -3.61. The van der Waals surface area contributed by atoms with Crippen LogP contribution in [-0.2, 0) is 10.0 Å². The maximum atomic E-state index is 12.4. The smallest absolute Gasteiger partial charge is 0.255 e. The third-order valence-electron chi connectivity index (χ3n) is 3.64. The van der Waals surface area contributed by atoms with E-state index >= 15 is 0 Å². The monoisotopic (exact) mass is 424 g/mol. The van der Waals surface area contributed by atoms with E-state index in [1.807, 2.05) is 26.0 Å². The van der Waals surface area contributed by atoms with E-state index in [2.05, 4.69) is 26.0 Å². The van der Waals surface area contributed by atoms with Crippen molar-refractivity contribution in [3.05, 3.63) is 58.1 Å². The molecule has 2 aromatic rings. The first-order valence-electron chi connectivity index (χ1n) is 8.00. The summed E-state index contributed by atoms with van der Waals surface area (Å²) in [4.78, 5) is 12.5. The lowest BCUT2D eigenvalue weighted by Crippen LogP contribution is -2.25. The summed E-state index contributed by atoms with van der Waals surface area (Å²) >= 11 is 3.41. The molecular formula is C18H21BrN2O3S. The summed E-state index contributed by atoms with van der Waals surface area (Å²) in [5, 5.41) is 2.78. The molecule has 134 valence electrons. The number of amides is 1. The number of halogens is 1. The number of anilines is 1. The second-order valence-corrected chi connectivity index (χ2v) is 8.32. The number of sulfonamides is 1. The van der Waals surface area contributed by atoms with Gasteiger partial charge in [0.2, 0.25) is 10.0 Å². The van der Waals surface area contributed by atoms with Gasteiger partial charge in [0, 0.05) is 22.3 Å². The number of hydrogen-bond donors (Lipinski definition) is 2. The third-order valence-corrected chi connectivity index (χ3v) is 5.99. The Bertz CT molecular complexity index is 866. The second kappa shape index (κ2) is 8.60. The molecule has 0 aliphatic rings. The quantitative estimate of drug-likeness (QED) is 0.657. The van der Waals surface area contributed by atoms with Crippen LogP contribution in [0.25, 0.3) is 0 Å². The highest BCUT2D eigenvalue weighted by atomic mass is 79.9. The van der Waals surface area contributed by atoms with Crippen LogP contribution in [0.3, 0.4) is 0 Å². The van der Waals surface area contributed by atoms with Gasteiger partial charge in [-0.3, -0.25) is 4.79 Å². The second-order valence-electron chi connectivity index (χ2n) is 5.70. The Hall–Kier alpha value is -1.70. The number of benzene rings is 2. The first-order valence-corrected chi connectivity index (χ1v) is 10.3. The van der Waals surface area contributed by atoms with Crippen molar-refractivity contribution >= 4 is 37.5 Å². The molecule has 0 atom stereocenters. The third kappa shape index (κ3) is 5.39. The average molecular weight is 425 g/mol. The Labute approximate surface area is 157 Å². The van der Waals surface area contributed by atoms with Crippen LogP contribution in [-0.4, -0.2) is 20.9 Å². The highest BCUT2D eigenvalue weighted by molar-refractivity contribution is 9.10. The van der Waals surface area contributed by atoms with E-state index in [9.17, 15) is 13.2 Å². The van der Waals surface area contributed by atoms with Crippen LogP contribution in [0.5, 0.6) is 0 Å². The van der Waals surface area contributed by atoms with Crippen molar-refractivity contribution in [3.8, 4) is 0 Å². The first-order chi connectivity index (χ1) is 11.8. The lowest BCUT2D eigenvalue weighted by molar-refractivity contribution is 0.102. The Morgan fingerprint density at radius 3 is 2.60 bits per heavy atom. The molecular weight excluding hydrogens is 404 g/mol. The molecule has 0 fully saturated rings. The predicted molar refractivity (Wildman–Crippen MR) is 103 cm³/mol. The normalized spacial score (nSPS) is 11.3. The fourth-order valence-corrected chi connectivity index (χ4v) is 3.56. The van der Waals surface area contributed by atoms with Crippen molar-refractivity contribution < 1.29 is 13.2 Å². The Kier molecular flexibility index (Phi) is 6.75. The van der Waals surface area contributed by atoms with Gasteiger partial charge < -0.3 is 5.32 Å². The minimum Gasteiger partial charge on any atom is -0.322 e. The van der Waals surface area contributed by atoms with Gasteiger partial charge in [0.05, 0.1) is 4.90 Å². The Balaban J connectivity index is 2.17. The van der Waals surface area contributed by atoms with Gasteiger partial charge in [-0.2, -0.15) is 0 Å². The van der Waals surface area contributed by atoms with E-state index in [0.717, 1.165) is 22.9 Å². The molecule has 2 aromatic carbocycles. The Morgan fingerprint density at radius 2 is 1.92 bits per heavy atom. The van der Waals surface area contributed by atoms with E-state index in [0.29, 0.717) is 17.8 Å². The standard InChI is InChI=1S/C18H21BrN2O3S/c1-3-4-10-20-25(23,24)16-7-5-6-14(12-16)18(22)21-15-8-9-17(19)13(2)11-15/h5-9,11-12,20H,3-4,10H2,1-2H3,(H,21,22). The Morgan fingerprint density at radius 1 is 1.16 bits per heavy atom. The lowest BCUT2D eigenvalue weighted by Gasteiger charge is -2.09. The van der Waals surface area contributed by atoms with Crippen LogP contribution in [0.15, 0.2) is 51.8 Å². The maximum Gasteiger partial charge on any atom is 0.255 e. The van der Waals surface area contributed by atoms with Crippen LogP contribution < -0.4 is 10.0 Å². The number of aryl methyl sites for hydroxylation is 1. The molecule has 0 bridgehead atoms. The molecule has 25 heavy (non-hydrogen) atoms. The van der Waals surface area contributed by atoms with E-state index in [4.69, 9.17) is 0 Å². The van der Waals surface area contributed by atoms with Crippen molar-refractivity contribution in [2.45, 2.75) is 31.6 Å². The summed E-state index contributed by atoms with van der Waals surface area (Å²) in [6, 6.07) is 11.5. The molecule has 7 heteroatoms. The molecule has 0 spiro atoms. The molecule has 0 unspecified atom stereocenters. The van der Waals surface area contributed by atoms with Crippen LogP contribution in [0.4, 0.5) is 5.69 Å². The van der Waals surface area contributed by atoms with E-state index in [1.165, 1.54) is 12.1 Å². The average Bonchev–Trinajstić information content (AvgIpc) is 2.58. The van der Waals surface area contributed by atoms with E-state index in [1.54, 1.807) is 18.2 Å². The molecule has 0 radical (unpaired) electrons. The number of carbonyl (C=O) groups excluding carboxylic acids is 1. The van der Waals surface area contributed by atoms with Crippen molar-refractivity contribution in [2.75, 3.05) is 11.9 Å². The summed E-state index contributed by atoms with van der Waals surface area (Å²) in [6.07, 6.45) is 1.67. The molecule has 0 saturated heterocycles. The lowest BCUT2D eigenvalue weighted by atomic mass is 10.2. The number of unbranched alkanes of at least 4 members (excludes halogenated alkanes) is 1. The van der Waals surface area contributed by atoms with Crippen LogP contribution >= 0.6 is 15.9 Å². The summed E-state index contributed by atoms with van der Waals surface area (Å²) < 4.78 is 28.0. The highest BCUT2D eigenvalue weighted by Crippen LogP contribution is 2.21. The number of hydrogen-bond acceptors (Lipinski definition) is 3. The molecule has 0 aliphatic heterocycles. The van der Waals surface area contributed by atoms with Gasteiger partial charge in [-0.1, -0.05) is 35.3 Å². The fourth-order valence-electron chi connectivity index (χ4n) is 2.20. The molecule has 2 N–H and O–H groups in total. The fraction of sp³-hybridized carbons (Fsp3) is 0.278. The molecule has 0 saturated carbocycles. The number of nitrogens with one attached hydrogen (secondary N) is 2. The van der Waals surface area contributed by atoms with Gasteiger partial charge in [0.15, 0.2) is 0 Å². The predicted octanol–water partition coefficient (Wildman–Crippen LogP) is 4.09. The van der Waals surface area contributed by atoms with Gasteiger partial charge in [-0.25, -0.2) is 13.1 Å². The van der Waals surface area contributed by atoms with Gasteiger partial charge in [-0.05, 0) is 55.3 Å². The molecule has 0 heterocycles. The first kappa shape index (κ1) is 19.6. The van der Waals surface area contributed by atoms with Crippen LogP contribution in [0.1, 0.15) is 35.7 Å². The largest absolute Gasteiger partial charge is 0.322 e. The van der Waals surface area contributed by atoms with Gasteiger partial charge >= 0.3 is 0 Å². The zero-order chi connectivity index (χ0) is 18.4. The minimum absolute atomic E-state index is 0.0863. The summed E-state index contributed by atoms with van der Waals surface area (Å²) in [6.45, 7) is 4.30. The van der Waals surface area contributed by atoms with Crippen LogP contribution in [0, 0.1) is 6.92 Å². The maximum absolute atomic E-state index is 12.4. The topological polar surface area (TPSA) is 75.3 Å². The van der Waals surface area contributed by atoms with Crippen molar-refractivity contribution in [1.29, 1.82) is 0 Å². The molecule has 1 amide bonds.